The summed E-state index contributed by atoms with van der Waals surface area (Å²) in [4.78, 5) is 0. The number of hydrogen-bond acceptors (Lipinski definition) is 2. The van der Waals surface area contributed by atoms with E-state index in [1.54, 1.807) is 6.07 Å². The van der Waals surface area contributed by atoms with Gasteiger partial charge in [-0.1, -0.05) is 18.2 Å². The molecule has 0 aliphatic carbocycles. The summed E-state index contributed by atoms with van der Waals surface area (Å²) in [6.07, 6.45) is 0.761. The van der Waals surface area contributed by atoms with Gasteiger partial charge in [-0.25, -0.2) is 8.78 Å². The third kappa shape index (κ3) is 4.25. The molecule has 2 aromatic rings. The zero-order chi connectivity index (χ0) is 15.4. The Balaban J connectivity index is 2.08. The highest BCUT2D eigenvalue weighted by Gasteiger charge is 2.10. The lowest BCUT2D eigenvalue weighted by Crippen LogP contribution is -2.17. The van der Waals surface area contributed by atoms with Crippen LogP contribution in [0.25, 0.3) is 0 Å². The highest BCUT2D eigenvalue weighted by Crippen LogP contribution is 2.27. The maximum Gasteiger partial charge on any atom is 0.165 e. The second-order valence-corrected chi connectivity index (χ2v) is 5.80. The molecule has 21 heavy (non-hydrogen) atoms. The Morgan fingerprint density at radius 2 is 2.00 bits per heavy atom. The van der Waals surface area contributed by atoms with Gasteiger partial charge in [0.1, 0.15) is 12.4 Å². The molecule has 2 N–H and O–H groups in total. The van der Waals surface area contributed by atoms with E-state index < -0.39 is 11.6 Å². The summed E-state index contributed by atoms with van der Waals surface area (Å²) in [7, 11) is 0. The first kappa shape index (κ1) is 15.9. The highest BCUT2D eigenvalue weighted by atomic mass is 79.9. The summed E-state index contributed by atoms with van der Waals surface area (Å²) in [5.41, 5.74) is 7.02. The second-order valence-electron chi connectivity index (χ2n) is 4.95. The second kappa shape index (κ2) is 7.00. The Morgan fingerprint density at radius 3 is 2.67 bits per heavy atom. The lowest BCUT2D eigenvalue weighted by Gasteiger charge is -2.11. The molecule has 0 fully saturated rings. The molecule has 0 spiro atoms. The number of benzene rings is 2. The van der Waals surface area contributed by atoms with Crippen LogP contribution in [-0.2, 0) is 13.0 Å². The Bertz CT molecular complexity index is 632. The lowest BCUT2D eigenvalue weighted by atomic mass is 10.1. The SMILES string of the molecule is CC(N)Cc1ccc(OCc2cccc(F)c2F)c(Br)c1. The fraction of sp³-hybridized carbons (Fsp3) is 0.250. The molecule has 1 atom stereocenters. The van der Waals surface area contributed by atoms with Gasteiger partial charge in [0.05, 0.1) is 4.47 Å². The van der Waals surface area contributed by atoms with Gasteiger partial charge in [0.15, 0.2) is 11.6 Å². The standard InChI is InChI=1S/C16H16BrF2NO/c1-10(20)7-11-5-6-15(13(17)8-11)21-9-12-3-2-4-14(18)16(12)19/h2-6,8,10H,7,9,20H2,1H3. The topological polar surface area (TPSA) is 35.2 Å². The van der Waals surface area contributed by atoms with Crippen LogP contribution in [0.15, 0.2) is 40.9 Å². The Morgan fingerprint density at radius 1 is 1.24 bits per heavy atom. The molecule has 0 radical (unpaired) electrons. The summed E-state index contributed by atoms with van der Waals surface area (Å²) in [6, 6.07) is 9.72. The molecule has 0 aromatic heterocycles. The van der Waals surface area contributed by atoms with Crippen molar-refractivity contribution < 1.29 is 13.5 Å². The predicted octanol–water partition coefficient (Wildman–Crippen LogP) is 4.20. The van der Waals surface area contributed by atoms with Gasteiger partial charge in [0.25, 0.3) is 0 Å². The molecule has 0 saturated heterocycles. The average Bonchev–Trinajstić information content (AvgIpc) is 2.41. The molecule has 5 heteroatoms. The third-order valence-electron chi connectivity index (χ3n) is 2.97. The minimum absolute atomic E-state index is 0.0329. The van der Waals surface area contributed by atoms with E-state index in [9.17, 15) is 8.78 Å². The van der Waals surface area contributed by atoms with Gasteiger partial charge in [-0.3, -0.25) is 0 Å². The summed E-state index contributed by atoms with van der Waals surface area (Å²) in [6.45, 7) is 1.90. The molecule has 0 heterocycles. The van der Waals surface area contributed by atoms with Gasteiger partial charge in [0, 0.05) is 11.6 Å². The third-order valence-corrected chi connectivity index (χ3v) is 3.59. The van der Waals surface area contributed by atoms with E-state index in [-0.39, 0.29) is 18.2 Å². The summed E-state index contributed by atoms with van der Waals surface area (Å²) < 4.78 is 32.9. The van der Waals surface area contributed by atoms with E-state index in [2.05, 4.69) is 15.9 Å². The molecule has 2 nitrogen and oxygen atoms in total. The van der Waals surface area contributed by atoms with Gasteiger partial charge >= 0.3 is 0 Å². The van der Waals surface area contributed by atoms with Crippen molar-refractivity contribution in [3.63, 3.8) is 0 Å². The quantitative estimate of drug-likeness (QED) is 0.872. The van der Waals surface area contributed by atoms with Crippen molar-refractivity contribution in [1.82, 2.24) is 0 Å². The van der Waals surface area contributed by atoms with Crippen LogP contribution in [0, 0.1) is 11.6 Å². The largest absolute Gasteiger partial charge is 0.488 e. The summed E-state index contributed by atoms with van der Waals surface area (Å²) in [5.74, 6) is -1.17. The Kier molecular flexibility index (Phi) is 5.31. The van der Waals surface area contributed by atoms with Crippen LogP contribution >= 0.6 is 15.9 Å². The molecule has 1 unspecified atom stereocenters. The predicted molar refractivity (Wildman–Crippen MR) is 82.2 cm³/mol. The Labute approximate surface area is 131 Å². The maximum absolute atomic E-state index is 13.5. The van der Waals surface area contributed by atoms with Crippen LogP contribution in [0.3, 0.4) is 0 Å². The smallest absolute Gasteiger partial charge is 0.165 e. The number of hydrogen-bond donors (Lipinski definition) is 1. The van der Waals surface area contributed by atoms with Crippen LogP contribution in [0.2, 0.25) is 0 Å². The van der Waals surface area contributed by atoms with Gasteiger partial charge in [-0.2, -0.15) is 0 Å². The van der Waals surface area contributed by atoms with Crippen LogP contribution in [0.1, 0.15) is 18.1 Å². The van der Waals surface area contributed by atoms with Gasteiger partial charge in [-0.05, 0) is 53.0 Å². The van der Waals surface area contributed by atoms with Crippen molar-refractivity contribution in [3.8, 4) is 5.75 Å². The first-order chi connectivity index (χ1) is 9.97. The van der Waals surface area contributed by atoms with Crippen LogP contribution < -0.4 is 10.5 Å². The van der Waals surface area contributed by atoms with E-state index >= 15 is 0 Å². The molecule has 112 valence electrons. The number of halogens is 3. The molecule has 0 saturated carbocycles. The van der Waals surface area contributed by atoms with Gasteiger partial charge in [-0.15, -0.1) is 0 Å². The molecular formula is C16H16BrF2NO. The minimum Gasteiger partial charge on any atom is -0.488 e. The van der Waals surface area contributed by atoms with E-state index in [4.69, 9.17) is 10.5 Å². The molecule has 0 bridgehead atoms. The maximum atomic E-state index is 13.5. The summed E-state index contributed by atoms with van der Waals surface area (Å²) in [5, 5.41) is 0. The number of nitrogens with two attached hydrogens (primary N) is 1. The molecule has 2 rings (SSSR count). The van der Waals surface area contributed by atoms with E-state index in [0.717, 1.165) is 22.5 Å². The van der Waals surface area contributed by atoms with Crippen LogP contribution in [0.4, 0.5) is 8.78 Å². The number of ether oxygens (including phenoxy) is 1. The zero-order valence-electron chi connectivity index (χ0n) is 11.6. The molecule has 0 aliphatic rings. The first-order valence-electron chi connectivity index (χ1n) is 6.57. The van der Waals surface area contributed by atoms with E-state index in [1.807, 2.05) is 19.1 Å². The van der Waals surface area contributed by atoms with Crippen molar-refractivity contribution in [3.05, 3.63) is 63.6 Å². The minimum atomic E-state index is -0.873. The van der Waals surface area contributed by atoms with Crippen molar-refractivity contribution in [2.45, 2.75) is 26.0 Å². The fourth-order valence-corrected chi connectivity index (χ4v) is 2.52. The monoisotopic (exact) mass is 355 g/mol. The molecule has 2 aromatic carbocycles. The van der Waals surface area contributed by atoms with Crippen molar-refractivity contribution in [2.24, 2.45) is 5.73 Å². The van der Waals surface area contributed by atoms with Crippen LogP contribution in [-0.4, -0.2) is 6.04 Å². The van der Waals surface area contributed by atoms with E-state index in [1.165, 1.54) is 12.1 Å². The van der Waals surface area contributed by atoms with E-state index in [0.29, 0.717) is 5.75 Å². The normalized spacial score (nSPS) is 12.2. The average molecular weight is 356 g/mol. The first-order valence-corrected chi connectivity index (χ1v) is 7.36. The lowest BCUT2D eigenvalue weighted by molar-refractivity contribution is 0.295. The Hall–Kier alpha value is -1.46. The zero-order valence-corrected chi connectivity index (χ0v) is 13.2. The summed E-state index contributed by atoms with van der Waals surface area (Å²) >= 11 is 3.41. The fourth-order valence-electron chi connectivity index (χ4n) is 1.98. The molecule has 0 amide bonds. The molecular weight excluding hydrogens is 340 g/mol. The van der Waals surface area contributed by atoms with Gasteiger partial charge < -0.3 is 10.5 Å². The van der Waals surface area contributed by atoms with Crippen molar-refractivity contribution in [2.75, 3.05) is 0 Å². The van der Waals surface area contributed by atoms with Crippen molar-refractivity contribution in [1.29, 1.82) is 0 Å². The van der Waals surface area contributed by atoms with Crippen molar-refractivity contribution >= 4 is 15.9 Å². The van der Waals surface area contributed by atoms with Crippen LogP contribution in [0.5, 0.6) is 5.75 Å². The highest BCUT2D eigenvalue weighted by molar-refractivity contribution is 9.10. The molecule has 0 aliphatic heterocycles. The number of rotatable bonds is 5. The van der Waals surface area contributed by atoms with Gasteiger partial charge in [0.2, 0.25) is 0 Å².